The fourth-order valence-electron chi connectivity index (χ4n) is 1.25. The molecule has 0 radical (unpaired) electrons. The van der Waals surface area contributed by atoms with Crippen molar-refractivity contribution in [3.05, 3.63) is 35.4 Å². The van der Waals surface area contributed by atoms with Gasteiger partial charge in [-0.25, -0.2) is 9.59 Å². The zero-order valence-corrected chi connectivity index (χ0v) is 12.0. The van der Waals surface area contributed by atoms with Gasteiger partial charge in [0.05, 0.1) is 24.0 Å². The summed E-state index contributed by atoms with van der Waals surface area (Å²) in [6.07, 6.45) is -0.593. The van der Waals surface area contributed by atoms with Crippen molar-refractivity contribution in [2.24, 2.45) is 0 Å². The quantitative estimate of drug-likeness (QED) is 0.531. The molecule has 0 aliphatic carbocycles. The predicted molar refractivity (Wildman–Crippen MR) is 74.0 cm³/mol. The third-order valence-electron chi connectivity index (χ3n) is 2.17. The Kier molecular flexibility index (Phi) is 8.30. The molecule has 1 aromatic rings. The molecule has 0 saturated heterocycles. The summed E-state index contributed by atoms with van der Waals surface area (Å²) in [4.78, 5) is 51.8. The zero-order chi connectivity index (χ0) is 18.0. The first kappa shape index (κ1) is 19.8. The van der Waals surface area contributed by atoms with Gasteiger partial charge in [0.1, 0.15) is 0 Å². The Morgan fingerprint density at radius 3 is 1.65 bits per heavy atom. The normalized spacial score (nSPS) is 9.09. The van der Waals surface area contributed by atoms with Gasteiger partial charge in [-0.3, -0.25) is 14.4 Å². The number of carboxylic acids is 3. The van der Waals surface area contributed by atoms with E-state index >= 15 is 0 Å². The maximum absolute atomic E-state index is 11.3. The van der Waals surface area contributed by atoms with Crippen LogP contribution in [0.5, 0.6) is 0 Å². The molecule has 0 atom stereocenters. The average molecular weight is 326 g/mol. The number of rotatable bonds is 5. The molecule has 0 aliphatic rings. The molecule has 0 unspecified atom stereocenters. The van der Waals surface area contributed by atoms with Crippen molar-refractivity contribution < 1.29 is 44.0 Å². The number of carbonyl (C=O) groups is 5. The molecule has 0 spiro atoms. The third kappa shape index (κ3) is 8.60. The Bertz CT molecular complexity index is 604. The molecule has 9 heteroatoms. The number of ether oxygens (including phenoxy) is 1. The lowest BCUT2D eigenvalue weighted by Crippen LogP contribution is -2.13. The summed E-state index contributed by atoms with van der Waals surface area (Å²) in [5, 5.41) is 24.6. The van der Waals surface area contributed by atoms with E-state index in [2.05, 4.69) is 4.74 Å². The van der Waals surface area contributed by atoms with Gasteiger partial charge in [0, 0.05) is 6.92 Å². The van der Waals surface area contributed by atoms with Gasteiger partial charge in [-0.05, 0) is 12.1 Å². The number of aliphatic carboxylic acids is 2. The molecule has 3 N–H and O–H groups in total. The van der Waals surface area contributed by atoms with E-state index in [-0.39, 0.29) is 24.0 Å². The van der Waals surface area contributed by atoms with E-state index in [0.29, 0.717) is 0 Å². The minimum Gasteiger partial charge on any atom is -0.481 e. The van der Waals surface area contributed by atoms with Crippen molar-refractivity contribution in [1.82, 2.24) is 0 Å². The summed E-state index contributed by atoms with van der Waals surface area (Å²) < 4.78 is 4.29. The van der Waals surface area contributed by atoms with Gasteiger partial charge < -0.3 is 20.1 Å². The number of hydrogen-bond donors (Lipinski definition) is 3. The summed E-state index contributed by atoms with van der Waals surface area (Å²) in [5.41, 5.74) is -0.330. The van der Waals surface area contributed by atoms with Crippen LogP contribution in [0.2, 0.25) is 0 Å². The largest absolute Gasteiger partial charge is 0.481 e. The van der Waals surface area contributed by atoms with Crippen LogP contribution in [-0.2, 0) is 19.1 Å². The van der Waals surface area contributed by atoms with Crippen molar-refractivity contribution in [1.29, 1.82) is 0 Å². The van der Waals surface area contributed by atoms with Crippen LogP contribution in [0.1, 0.15) is 40.5 Å². The van der Waals surface area contributed by atoms with E-state index in [1.807, 2.05) is 0 Å². The molecule has 0 amide bonds. The lowest BCUT2D eigenvalue weighted by Gasteiger charge is -2.03. The topological polar surface area (TPSA) is 155 Å². The summed E-state index contributed by atoms with van der Waals surface area (Å²) >= 11 is 0. The molecule has 23 heavy (non-hydrogen) atoms. The minimum absolute atomic E-state index is 0.139. The van der Waals surface area contributed by atoms with E-state index in [0.717, 1.165) is 6.92 Å². The first-order valence-electron chi connectivity index (χ1n) is 6.13. The zero-order valence-electron chi connectivity index (χ0n) is 12.0. The van der Waals surface area contributed by atoms with Crippen LogP contribution in [0.3, 0.4) is 0 Å². The van der Waals surface area contributed by atoms with Crippen LogP contribution in [0.4, 0.5) is 0 Å². The van der Waals surface area contributed by atoms with Gasteiger partial charge >= 0.3 is 29.8 Å². The van der Waals surface area contributed by atoms with Crippen molar-refractivity contribution in [2.75, 3.05) is 0 Å². The van der Waals surface area contributed by atoms with Crippen molar-refractivity contribution in [3.63, 3.8) is 0 Å². The van der Waals surface area contributed by atoms with Gasteiger partial charge in [-0.2, -0.15) is 0 Å². The number of esters is 2. The molecule has 9 nitrogen and oxygen atoms in total. The number of aromatic carboxylic acids is 1. The van der Waals surface area contributed by atoms with E-state index < -0.39 is 29.8 Å². The molecule has 1 rings (SSSR count). The van der Waals surface area contributed by atoms with Crippen LogP contribution >= 0.6 is 0 Å². The molecule has 1 aromatic carbocycles. The highest BCUT2D eigenvalue weighted by Gasteiger charge is 2.17. The Hall–Kier alpha value is -3.23. The predicted octanol–water partition coefficient (Wildman–Crippen LogP) is 1.02. The van der Waals surface area contributed by atoms with Crippen LogP contribution in [0, 0.1) is 0 Å². The lowest BCUT2D eigenvalue weighted by atomic mass is 10.1. The Morgan fingerprint density at radius 2 is 1.30 bits per heavy atom. The molecule has 0 aliphatic heterocycles. The maximum Gasteiger partial charge on any atom is 0.346 e. The second-order valence-electron chi connectivity index (χ2n) is 4.02. The van der Waals surface area contributed by atoms with Crippen molar-refractivity contribution in [2.45, 2.75) is 19.8 Å². The van der Waals surface area contributed by atoms with Gasteiger partial charge in [-0.15, -0.1) is 0 Å². The minimum atomic E-state index is -1.24. The van der Waals surface area contributed by atoms with E-state index in [4.69, 9.17) is 15.3 Å². The molecule has 0 aromatic heterocycles. The number of carboxylic acid groups (broad SMARTS) is 3. The van der Waals surface area contributed by atoms with Gasteiger partial charge in [0.2, 0.25) is 0 Å². The first-order valence-corrected chi connectivity index (χ1v) is 6.13. The second kappa shape index (κ2) is 9.66. The van der Waals surface area contributed by atoms with Crippen LogP contribution < -0.4 is 0 Å². The van der Waals surface area contributed by atoms with E-state index in [1.54, 1.807) is 0 Å². The molecule has 0 saturated carbocycles. The molecular weight excluding hydrogens is 312 g/mol. The SMILES string of the molecule is CC(=O)OC(=O)c1ccccc1C(=O)O.O=C(O)CCC(=O)O. The molecule has 124 valence electrons. The van der Waals surface area contributed by atoms with Gasteiger partial charge in [0.15, 0.2) is 0 Å². The summed E-state index contributed by atoms with van der Waals surface area (Å²) in [6, 6.07) is 5.52. The molecule has 0 fully saturated rings. The fraction of sp³-hybridized carbons (Fsp3) is 0.214. The van der Waals surface area contributed by atoms with Crippen LogP contribution in [0.25, 0.3) is 0 Å². The Labute approximate surface area is 130 Å². The highest BCUT2D eigenvalue weighted by molar-refractivity contribution is 6.05. The summed E-state index contributed by atoms with van der Waals surface area (Å²) in [5.74, 6) is -5.13. The van der Waals surface area contributed by atoms with Crippen molar-refractivity contribution >= 4 is 29.8 Å². The highest BCUT2D eigenvalue weighted by Crippen LogP contribution is 2.10. The third-order valence-corrected chi connectivity index (χ3v) is 2.17. The fourth-order valence-corrected chi connectivity index (χ4v) is 1.25. The molecular formula is C14H14O9. The number of hydrogen-bond acceptors (Lipinski definition) is 6. The lowest BCUT2D eigenvalue weighted by molar-refractivity contribution is -0.143. The van der Waals surface area contributed by atoms with Gasteiger partial charge in [0.25, 0.3) is 0 Å². The van der Waals surface area contributed by atoms with Crippen molar-refractivity contribution in [3.8, 4) is 0 Å². The van der Waals surface area contributed by atoms with Crippen LogP contribution in [-0.4, -0.2) is 45.2 Å². The molecule has 0 heterocycles. The number of carbonyl (C=O) groups excluding carboxylic acids is 2. The molecule has 0 bridgehead atoms. The highest BCUT2D eigenvalue weighted by atomic mass is 16.6. The standard InChI is InChI=1S/C10H8O5.C4H6O4/c1-6(11)15-10(14)8-5-3-2-4-7(8)9(12)13;5-3(6)1-2-4(7)8/h2-5H,1H3,(H,12,13);1-2H2,(H,5,6)(H,7,8). The van der Waals surface area contributed by atoms with E-state index in [9.17, 15) is 24.0 Å². The van der Waals surface area contributed by atoms with Gasteiger partial charge in [-0.1, -0.05) is 12.1 Å². The first-order chi connectivity index (χ1) is 10.6. The number of benzene rings is 1. The summed E-state index contributed by atoms with van der Waals surface area (Å²) in [6.45, 7) is 1.07. The average Bonchev–Trinajstić information content (AvgIpc) is 2.45. The van der Waals surface area contributed by atoms with E-state index in [1.165, 1.54) is 24.3 Å². The monoisotopic (exact) mass is 326 g/mol. The van der Waals surface area contributed by atoms with Crippen LogP contribution in [0.15, 0.2) is 24.3 Å². The Balaban J connectivity index is 0.000000515. The Morgan fingerprint density at radius 1 is 0.870 bits per heavy atom. The summed E-state index contributed by atoms with van der Waals surface area (Å²) in [7, 11) is 0. The smallest absolute Gasteiger partial charge is 0.346 e. The second-order valence-corrected chi connectivity index (χ2v) is 4.02. The maximum atomic E-state index is 11.3.